The first-order chi connectivity index (χ1) is 12.5. The first kappa shape index (κ1) is 16.8. The van der Waals surface area contributed by atoms with Crippen LogP contribution in [0.15, 0.2) is 59.5 Å². The van der Waals surface area contributed by atoms with Crippen molar-refractivity contribution in [2.75, 3.05) is 13.2 Å². The van der Waals surface area contributed by atoms with Gasteiger partial charge in [0.1, 0.15) is 13.2 Å². The highest BCUT2D eigenvalue weighted by Crippen LogP contribution is 2.38. The Labute approximate surface area is 151 Å². The number of ether oxygens (including phenoxy) is 2. The Kier molecular flexibility index (Phi) is 4.26. The molecule has 0 radical (unpaired) electrons. The van der Waals surface area contributed by atoms with Crippen LogP contribution in [-0.4, -0.2) is 32.7 Å². The molecule has 1 aliphatic heterocycles. The minimum atomic E-state index is -3.83. The molecule has 1 atom stereocenters. The summed E-state index contributed by atoms with van der Waals surface area (Å²) in [6.07, 6.45) is -0.534. The Bertz CT molecular complexity index is 1050. The topological polar surface area (TPSA) is 74.7 Å². The summed E-state index contributed by atoms with van der Waals surface area (Å²) in [7, 11) is -3.83. The highest BCUT2D eigenvalue weighted by atomic mass is 32.2. The number of nitrogens with zero attached hydrogens (tertiary/aromatic N) is 1. The number of fused-ring (bicyclic) bond motifs is 3. The average Bonchev–Trinajstić information content (AvgIpc) is 2.66. The normalized spacial score (nSPS) is 16.6. The Hall–Kier alpha value is -2.64. The van der Waals surface area contributed by atoms with Crippen LogP contribution in [0.3, 0.4) is 0 Å². The Morgan fingerprint density at radius 2 is 1.92 bits per heavy atom. The Morgan fingerprint density at radius 1 is 1.12 bits per heavy atom. The van der Waals surface area contributed by atoms with Crippen molar-refractivity contribution >= 4 is 21.0 Å². The zero-order valence-corrected chi connectivity index (χ0v) is 14.9. The highest BCUT2D eigenvalue weighted by molar-refractivity contribution is 7.86. The van der Waals surface area contributed by atoms with E-state index in [2.05, 4.69) is 4.98 Å². The Morgan fingerprint density at radius 3 is 2.73 bits per heavy atom. The van der Waals surface area contributed by atoms with Gasteiger partial charge in [0.05, 0.1) is 10.4 Å². The third-order valence-corrected chi connectivity index (χ3v) is 5.37. The van der Waals surface area contributed by atoms with Gasteiger partial charge in [0.25, 0.3) is 10.1 Å². The van der Waals surface area contributed by atoms with E-state index >= 15 is 0 Å². The molecule has 134 valence electrons. The summed E-state index contributed by atoms with van der Waals surface area (Å²) in [6.45, 7) is 2.00. The molecule has 26 heavy (non-hydrogen) atoms. The fraction of sp³-hybridized carbons (Fsp3) is 0.211. The monoisotopic (exact) mass is 371 g/mol. The summed E-state index contributed by atoms with van der Waals surface area (Å²) in [4.78, 5) is 4.58. The number of aryl methyl sites for hydroxylation is 1. The second-order valence-corrected chi connectivity index (χ2v) is 7.63. The van der Waals surface area contributed by atoms with Crippen LogP contribution in [0.5, 0.6) is 11.5 Å². The minimum absolute atomic E-state index is 0.113. The lowest BCUT2D eigenvalue weighted by molar-refractivity contribution is 0.0571. The largest absolute Gasteiger partial charge is 0.486 e. The second kappa shape index (κ2) is 6.59. The van der Waals surface area contributed by atoms with Crippen LogP contribution in [0.4, 0.5) is 0 Å². The van der Waals surface area contributed by atoms with Gasteiger partial charge in [-0.25, -0.2) is 0 Å². The van der Waals surface area contributed by atoms with E-state index in [1.807, 2.05) is 31.2 Å². The third-order valence-electron chi connectivity index (χ3n) is 4.08. The lowest BCUT2D eigenvalue weighted by Crippen LogP contribution is -2.34. The van der Waals surface area contributed by atoms with Crippen LogP contribution in [-0.2, 0) is 14.3 Å². The number of hydrogen-bond donors (Lipinski definition) is 0. The zero-order valence-electron chi connectivity index (χ0n) is 14.1. The summed E-state index contributed by atoms with van der Waals surface area (Å²) in [5, 5.41) is 0.823. The molecule has 1 aromatic heterocycles. The molecule has 4 rings (SSSR count). The van der Waals surface area contributed by atoms with Gasteiger partial charge in [-0.2, -0.15) is 8.42 Å². The first-order valence-corrected chi connectivity index (χ1v) is 9.58. The number of hydrogen-bond acceptors (Lipinski definition) is 6. The lowest BCUT2D eigenvalue weighted by Gasteiger charge is -2.27. The van der Waals surface area contributed by atoms with Crippen LogP contribution in [0, 0.1) is 6.92 Å². The molecule has 0 bridgehead atoms. The molecule has 0 fully saturated rings. The van der Waals surface area contributed by atoms with E-state index in [9.17, 15) is 8.42 Å². The van der Waals surface area contributed by atoms with Gasteiger partial charge < -0.3 is 9.47 Å². The predicted molar refractivity (Wildman–Crippen MR) is 96.0 cm³/mol. The molecule has 7 heteroatoms. The van der Waals surface area contributed by atoms with Gasteiger partial charge in [0, 0.05) is 11.1 Å². The van der Waals surface area contributed by atoms with Crippen molar-refractivity contribution in [3.8, 4) is 11.5 Å². The van der Waals surface area contributed by atoms with Gasteiger partial charge in [0.15, 0.2) is 17.6 Å². The maximum Gasteiger partial charge on any atom is 0.297 e. The molecular formula is C19H17NO5S. The van der Waals surface area contributed by atoms with Crippen molar-refractivity contribution in [2.45, 2.75) is 17.9 Å². The van der Waals surface area contributed by atoms with E-state index < -0.39 is 16.2 Å². The van der Waals surface area contributed by atoms with Crippen LogP contribution in [0.2, 0.25) is 0 Å². The molecule has 6 nitrogen and oxygen atoms in total. The van der Waals surface area contributed by atoms with Gasteiger partial charge in [0.2, 0.25) is 0 Å². The number of aromatic nitrogens is 1. The molecular weight excluding hydrogens is 354 g/mol. The SMILES string of the molecule is Cc1ccc2c3c(ccc2n1)OC[C@H](COS(=O)(=O)c1ccccc1)O3. The molecule has 0 spiro atoms. The molecule has 0 saturated heterocycles. The number of pyridine rings is 1. The van der Waals surface area contributed by atoms with Crippen LogP contribution in [0.25, 0.3) is 10.9 Å². The molecule has 1 aliphatic rings. The summed E-state index contributed by atoms with van der Waals surface area (Å²) in [6, 6.07) is 15.5. The van der Waals surface area contributed by atoms with Crippen molar-refractivity contribution in [1.82, 2.24) is 4.98 Å². The standard InChI is InChI=1S/C19H17NO5S/c1-13-7-8-16-17(20-13)9-10-18-19(16)25-14(11-23-18)12-24-26(21,22)15-5-3-2-4-6-15/h2-10,14H,11-12H2,1H3/t14-/m1/s1. The number of benzene rings is 2. The first-order valence-electron chi connectivity index (χ1n) is 8.17. The van der Waals surface area contributed by atoms with Gasteiger partial charge in [-0.15, -0.1) is 0 Å². The van der Waals surface area contributed by atoms with Gasteiger partial charge >= 0.3 is 0 Å². The quantitative estimate of drug-likeness (QED) is 0.656. The molecule has 0 unspecified atom stereocenters. The smallest absolute Gasteiger partial charge is 0.297 e. The zero-order chi connectivity index (χ0) is 18.1. The molecule has 2 aromatic carbocycles. The van der Waals surface area contributed by atoms with Crippen LogP contribution < -0.4 is 9.47 Å². The van der Waals surface area contributed by atoms with Crippen molar-refractivity contribution in [3.63, 3.8) is 0 Å². The summed E-state index contributed by atoms with van der Waals surface area (Å²) in [5.41, 5.74) is 1.70. The molecule has 0 aliphatic carbocycles. The summed E-state index contributed by atoms with van der Waals surface area (Å²) in [5.74, 6) is 1.18. The van der Waals surface area contributed by atoms with Crippen LogP contribution >= 0.6 is 0 Å². The summed E-state index contributed by atoms with van der Waals surface area (Å²) < 4.78 is 41.3. The maximum absolute atomic E-state index is 12.2. The van der Waals surface area contributed by atoms with E-state index in [-0.39, 0.29) is 18.1 Å². The van der Waals surface area contributed by atoms with Gasteiger partial charge in [-0.3, -0.25) is 9.17 Å². The lowest BCUT2D eigenvalue weighted by atomic mass is 10.1. The van der Waals surface area contributed by atoms with E-state index in [4.69, 9.17) is 13.7 Å². The van der Waals surface area contributed by atoms with Crippen molar-refractivity contribution < 1.29 is 22.1 Å². The van der Waals surface area contributed by atoms with E-state index in [1.54, 1.807) is 18.2 Å². The third kappa shape index (κ3) is 3.23. The van der Waals surface area contributed by atoms with E-state index in [1.165, 1.54) is 12.1 Å². The van der Waals surface area contributed by atoms with Gasteiger partial charge in [-0.05, 0) is 43.3 Å². The molecule has 0 N–H and O–H groups in total. The van der Waals surface area contributed by atoms with Crippen molar-refractivity contribution in [3.05, 3.63) is 60.3 Å². The predicted octanol–water partition coefficient (Wildman–Crippen LogP) is 3.09. The fourth-order valence-corrected chi connectivity index (χ4v) is 3.74. The average molecular weight is 371 g/mol. The summed E-state index contributed by atoms with van der Waals surface area (Å²) >= 11 is 0. The number of rotatable bonds is 4. The van der Waals surface area contributed by atoms with E-state index in [0.717, 1.165) is 16.6 Å². The van der Waals surface area contributed by atoms with E-state index in [0.29, 0.717) is 11.5 Å². The second-order valence-electron chi connectivity index (χ2n) is 6.01. The minimum Gasteiger partial charge on any atom is -0.486 e. The highest BCUT2D eigenvalue weighted by Gasteiger charge is 2.26. The fourth-order valence-electron chi connectivity index (χ4n) is 2.78. The molecule has 0 saturated carbocycles. The molecule has 3 aromatic rings. The Balaban J connectivity index is 1.53. The van der Waals surface area contributed by atoms with Gasteiger partial charge in [-0.1, -0.05) is 18.2 Å². The van der Waals surface area contributed by atoms with Crippen LogP contribution in [0.1, 0.15) is 5.69 Å². The van der Waals surface area contributed by atoms with Crippen molar-refractivity contribution in [1.29, 1.82) is 0 Å². The maximum atomic E-state index is 12.2. The molecule has 0 amide bonds. The molecule has 2 heterocycles. The van der Waals surface area contributed by atoms with Crippen molar-refractivity contribution in [2.24, 2.45) is 0 Å².